The van der Waals surface area contributed by atoms with Crippen LogP contribution in [0.1, 0.15) is 24.5 Å². The molecule has 1 aromatic carbocycles. The topological polar surface area (TPSA) is 53.2 Å². The average molecular weight is 203 g/mol. The van der Waals surface area contributed by atoms with E-state index in [1.54, 1.807) is 12.1 Å². The Balaban J connectivity index is 2.10. The lowest BCUT2D eigenvalue weighted by atomic mass is 9.93. The van der Waals surface area contributed by atoms with Gasteiger partial charge in [-0.1, -0.05) is 12.1 Å². The van der Waals surface area contributed by atoms with Gasteiger partial charge in [-0.25, -0.2) is 0 Å². The SMILES string of the molecule is N#CC1CCOC(c2ccc(O)cc2)C1. The van der Waals surface area contributed by atoms with Crippen LogP contribution in [0.15, 0.2) is 24.3 Å². The van der Waals surface area contributed by atoms with Crippen LogP contribution in [0.3, 0.4) is 0 Å². The van der Waals surface area contributed by atoms with E-state index < -0.39 is 0 Å². The highest BCUT2D eigenvalue weighted by molar-refractivity contribution is 5.27. The number of nitriles is 1. The molecule has 1 aliphatic rings. The summed E-state index contributed by atoms with van der Waals surface area (Å²) in [6.07, 6.45) is 1.58. The van der Waals surface area contributed by atoms with Gasteiger partial charge in [-0.05, 0) is 30.5 Å². The summed E-state index contributed by atoms with van der Waals surface area (Å²) in [7, 11) is 0. The fraction of sp³-hybridized carbons (Fsp3) is 0.417. The molecule has 0 radical (unpaired) electrons. The molecule has 0 spiro atoms. The van der Waals surface area contributed by atoms with Crippen molar-refractivity contribution in [2.75, 3.05) is 6.61 Å². The van der Waals surface area contributed by atoms with Gasteiger partial charge in [0.05, 0.1) is 18.1 Å². The summed E-state index contributed by atoms with van der Waals surface area (Å²) in [4.78, 5) is 0. The van der Waals surface area contributed by atoms with Gasteiger partial charge in [-0.2, -0.15) is 5.26 Å². The van der Waals surface area contributed by atoms with Gasteiger partial charge in [0, 0.05) is 6.61 Å². The van der Waals surface area contributed by atoms with E-state index >= 15 is 0 Å². The van der Waals surface area contributed by atoms with Crippen LogP contribution in [0.5, 0.6) is 5.75 Å². The number of phenolic OH excluding ortho intramolecular Hbond substituents is 1. The van der Waals surface area contributed by atoms with Gasteiger partial charge in [0.1, 0.15) is 5.75 Å². The molecule has 1 N–H and O–H groups in total. The normalized spacial score (nSPS) is 25.8. The van der Waals surface area contributed by atoms with E-state index in [-0.39, 0.29) is 17.8 Å². The summed E-state index contributed by atoms with van der Waals surface area (Å²) in [6, 6.07) is 9.27. The summed E-state index contributed by atoms with van der Waals surface area (Å²) in [6.45, 7) is 0.643. The van der Waals surface area contributed by atoms with Gasteiger partial charge in [0.25, 0.3) is 0 Å². The zero-order chi connectivity index (χ0) is 10.7. The number of aromatic hydroxyl groups is 1. The molecule has 1 fully saturated rings. The highest BCUT2D eigenvalue weighted by atomic mass is 16.5. The summed E-state index contributed by atoms with van der Waals surface area (Å²) in [5.74, 6) is 0.351. The Hall–Kier alpha value is -1.53. The van der Waals surface area contributed by atoms with Crippen molar-refractivity contribution in [1.82, 2.24) is 0 Å². The average Bonchev–Trinajstić information content (AvgIpc) is 2.30. The van der Waals surface area contributed by atoms with Gasteiger partial charge in [-0.3, -0.25) is 0 Å². The predicted molar refractivity (Wildman–Crippen MR) is 55.1 cm³/mol. The number of hydrogen-bond donors (Lipinski definition) is 1. The van der Waals surface area contributed by atoms with E-state index in [0.29, 0.717) is 6.61 Å². The number of ether oxygens (including phenoxy) is 1. The molecule has 2 rings (SSSR count). The van der Waals surface area contributed by atoms with Crippen LogP contribution in [0.2, 0.25) is 0 Å². The summed E-state index contributed by atoms with van der Waals surface area (Å²) >= 11 is 0. The van der Waals surface area contributed by atoms with Crippen molar-refractivity contribution >= 4 is 0 Å². The number of hydrogen-bond acceptors (Lipinski definition) is 3. The Morgan fingerprint density at radius 3 is 2.73 bits per heavy atom. The van der Waals surface area contributed by atoms with Crippen LogP contribution >= 0.6 is 0 Å². The maximum Gasteiger partial charge on any atom is 0.115 e. The van der Waals surface area contributed by atoms with E-state index in [1.165, 1.54) is 0 Å². The Morgan fingerprint density at radius 2 is 2.07 bits per heavy atom. The third-order valence-corrected chi connectivity index (χ3v) is 2.73. The minimum atomic E-state index is 0.00370. The molecule has 1 aromatic rings. The molecule has 2 atom stereocenters. The molecular formula is C12H13NO2. The van der Waals surface area contributed by atoms with Crippen LogP contribution in [0, 0.1) is 17.2 Å². The monoisotopic (exact) mass is 203 g/mol. The Kier molecular flexibility index (Phi) is 2.89. The van der Waals surface area contributed by atoms with E-state index in [4.69, 9.17) is 15.1 Å². The molecular weight excluding hydrogens is 190 g/mol. The zero-order valence-corrected chi connectivity index (χ0v) is 8.39. The van der Waals surface area contributed by atoms with Crippen LogP contribution in [0.4, 0.5) is 0 Å². The quantitative estimate of drug-likeness (QED) is 0.762. The number of rotatable bonds is 1. The molecule has 1 saturated heterocycles. The first-order valence-corrected chi connectivity index (χ1v) is 5.10. The Labute approximate surface area is 88.9 Å². The van der Waals surface area contributed by atoms with Crippen LogP contribution in [0.25, 0.3) is 0 Å². The van der Waals surface area contributed by atoms with Gasteiger partial charge in [0.2, 0.25) is 0 Å². The van der Waals surface area contributed by atoms with E-state index in [0.717, 1.165) is 18.4 Å². The van der Waals surface area contributed by atoms with Gasteiger partial charge < -0.3 is 9.84 Å². The van der Waals surface area contributed by atoms with E-state index in [2.05, 4.69) is 6.07 Å². The van der Waals surface area contributed by atoms with E-state index in [9.17, 15) is 0 Å². The second-order valence-corrected chi connectivity index (χ2v) is 3.80. The van der Waals surface area contributed by atoms with Gasteiger partial charge in [-0.15, -0.1) is 0 Å². The second-order valence-electron chi connectivity index (χ2n) is 3.80. The van der Waals surface area contributed by atoms with Gasteiger partial charge >= 0.3 is 0 Å². The summed E-state index contributed by atoms with van der Waals surface area (Å²) in [5, 5.41) is 18.0. The summed E-state index contributed by atoms with van der Waals surface area (Å²) < 4.78 is 5.60. The molecule has 15 heavy (non-hydrogen) atoms. The number of nitrogens with zero attached hydrogens (tertiary/aromatic N) is 1. The fourth-order valence-electron chi connectivity index (χ4n) is 1.84. The van der Waals surface area contributed by atoms with Crippen molar-refractivity contribution in [3.8, 4) is 11.8 Å². The Bertz CT molecular complexity index is 366. The van der Waals surface area contributed by atoms with Crippen molar-refractivity contribution in [2.24, 2.45) is 5.92 Å². The molecule has 1 heterocycles. The lowest BCUT2D eigenvalue weighted by molar-refractivity contribution is 0.000693. The smallest absolute Gasteiger partial charge is 0.115 e. The Morgan fingerprint density at radius 1 is 1.33 bits per heavy atom. The maximum atomic E-state index is 9.16. The van der Waals surface area contributed by atoms with Crippen molar-refractivity contribution in [3.63, 3.8) is 0 Å². The molecule has 0 amide bonds. The van der Waals surface area contributed by atoms with Crippen molar-refractivity contribution in [3.05, 3.63) is 29.8 Å². The third-order valence-electron chi connectivity index (χ3n) is 2.73. The molecule has 3 nitrogen and oxygen atoms in total. The lowest BCUT2D eigenvalue weighted by Gasteiger charge is -2.26. The van der Waals surface area contributed by atoms with E-state index in [1.807, 2.05) is 12.1 Å². The van der Waals surface area contributed by atoms with Crippen LogP contribution in [-0.4, -0.2) is 11.7 Å². The van der Waals surface area contributed by atoms with Crippen molar-refractivity contribution < 1.29 is 9.84 Å². The van der Waals surface area contributed by atoms with Gasteiger partial charge in [0.15, 0.2) is 0 Å². The van der Waals surface area contributed by atoms with Crippen molar-refractivity contribution in [1.29, 1.82) is 5.26 Å². The molecule has 78 valence electrons. The number of phenols is 1. The molecule has 0 bridgehead atoms. The standard InChI is InChI=1S/C12H13NO2/c13-8-9-5-6-15-12(7-9)10-1-3-11(14)4-2-10/h1-4,9,12,14H,5-7H2. The molecule has 0 saturated carbocycles. The first kappa shape index (κ1) is 10.0. The fourth-order valence-corrected chi connectivity index (χ4v) is 1.84. The molecule has 3 heteroatoms. The maximum absolute atomic E-state index is 9.16. The number of benzene rings is 1. The minimum absolute atomic E-state index is 0.00370. The second kappa shape index (κ2) is 4.33. The van der Waals surface area contributed by atoms with Crippen molar-refractivity contribution in [2.45, 2.75) is 18.9 Å². The highest BCUT2D eigenvalue weighted by Crippen LogP contribution is 2.31. The zero-order valence-electron chi connectivity index (χ0n) is 8.39. The molecule has 0 aliphatic carbocycles. The predicted octanol–water partition coefficient (Wildman–Crippen LogP) is 2.38. The molecule has 0 aromatic heterocycles. The molecule has 2 unspecified atom stereocenters. The lowest BCUT2D eigenvalue weighted by Crippen LogP contribution is -2.18. The summed E-state index contributed by atoms with van der Waals surface area (Å²) in [5.41, 5.74) is 1.03. The first-order valence-electron chi connectivity index (χ1n) is 5.10. The minimum Gasteiger partial charge on any atom is -0.508 e. The third kappa shape index (κ3) is 2.28. The highest BCUT2D eigenvalue weighted by Gasteiger charge is 2.23. The van der Waals surface area contributed by atoms with Crippen LogP contribution in [-0.2, 0) is 4.74 Å². The first-order chi connectivity index (χ1) is 7.29. The molecule has 1 aliphatic heterocycles. The van der Waals surface area contributed by atoms with Crippen LogP contribution < -0.4 is 0 Å². The largest absolute Gasteiger partial charge is 0.508 e.